The average molecular weight is 242 g/mol. The van der Waals surface area contributed by atoms with E-state index in [1.54, 1.807) is 0 Å². The lowest BCUT2D eigenvalue weighted by molar-refractivity contribution is 0.455. The van der Waals surface area contributed by atoms with E-state index in [1.807, 2.05) is 13.8 Å². The van der Waals surface area contributed by atoms with Crippen LogP contribution in [0.4, 0.5) is 4.39 Å². The minimum absolute atomic E-state index is 0.177. The zero-order valence-electron chi connectivity index (χ0n) is 9.74. The fourth-order valence-corrected chi connectivity index (χ4v) is 2.79. The molecule has 0 unspecified atom stereocenters. The third-order valence-electron chi connectivity index (χ3n) is 3.53. The van der Waals surface area contributed by atoms with Gasteiger partial charge in [0.1, 0.15) is 5.82 Å². The summed E-state index contributed by atoms with van der Waals surface area (Å²) in [5.41, 5.74) is 2.95. The van der Waals surface area contributed by atoms with Gasteiger partial charge in [-0.05, 0) is 68.5 Å². The van der Waals surface area contributed by atoms with Gasteiger partial charge in [0.15, 0.2) is 0 Å². The number of halogens is 2. The predicted octanol–water partition coefficient (Wildman–Crippen LogP) is 3.56. The number of hydrogen-bond acceptors (Lipinski definition) is 1. The molecule has 1 aliphatic heterocycles. The highest BCUT2D eigenvalue weighted by Gasteiger charge is 2.21. The van der Waals surface area contributed by atoms with E-state index in [1.165, 1.54) is 6.07 Å². The molecule has 0 atom stereocenters. The van der Waals surface area contributed by atoms with Crippen molar-refractivity contribution in [3.05, 3.63) is 33.6 Å². The second-order valence-corrected chi connectivity index (χ2v) is 4.94. The fourth-order valence-electron chi connectivity index (χ4n) is 2.59. The molecule has 0 radical (unpaired) electrons. The van der Waals surface area contributed by atoms with E-state index in [-0.39, 0.29) is 5.82 Å². The molecule has 0 saturated carbocycles. The van der Waals surface area contributed by atoms with Gasteiger partial charge in [0.25, 0.3) is 0 Å². The molecule has 1 N–H and O–H groups in total. The van der Waals surface area contributed by atoms with Crippen LogP contribution < -0.4 is 5.32 Å². The highest BCUT2D eigenvalue weighted by molar-refractivity contribution is 6.31. The molecular weight excluding hydrogens is 225 g/mol. The maximum absolute atomic E-state index is 13.7. The van der Waals surface area contributed by atoms with Crippen LogP contribution in [0, 0.1) is 19.7 Å². The monoisotopic (exact) mass is 241 g/mol. The van der Waals surface area contributed by atoms with Crippen LogP contribution in [-0.2, 0) is 0 Å². The normalized spacial score (nSPS) is 17.8. The van der Waals surface area contributed by atoms with Crippen molar-refractivity contribution in [3.63, 3.8) is 0 Å². The quantitative estimate of drug-likeness (QED) is 0.793. The maximum Gasteiger partial charge on any atom is 0.127 e. The molecule has 0 amide bonds. The van der Waals surface area contributed by atoms with Gasteiger partial charge >= 0.3 is 0 Å². The van der Waals surface area contributed by atoms with E-state index in [0.29, 0.717) is 10.9 Å². The molecule has 1 heterocycles. The van der Waals surface area contributed by atoms with Crippen LogP contribution in [0.1, 0.15) is 35.4 Å². The summed E-state index contributed by atoms with van der Waals surface area (Å²) < 4.78 is 13.7. The van der Waals surface area contributed by atoms with E-state index in [2.05, 4.69) is 5.32 Å². The Morgan fingerprint density at radius 2 is 1.88 bits per heavy atom. The Hall–Kier alpha value is -0.600. The van der Waals surface area contributed by atoms with Crippen LogP contribution in [0.2, 0.25) is 5.02 Å². The maximum atomic E-state index is 13.7. The van der Waals surface area contributed by atoms with Crippen molar-refractivity contribution in [2.45, 2.75) is 32.6 Å². The van der Waals surface area contributed by atoms with Crippen LogP contribution >= 0.6 is 11.6 Å². The van der Waals surface area contributed by atoms with Crippen LogP contribution in [0.3, 0.4) is 0 Å². The van der Waals surface area contributed by atoms with E-state index < -0.39 is 0 Å². The summed E-state index contributed by atoms with van der Waals surface area (Å²) in [7, 11) is 0. The van der Waals surface area contributed by atoms with Gasteiger partial charge in [0, 0.05) is 5.02 Å². The van der Waals surface area contributed by atoms with Crippen molar-refractivity contribution in [2.24, 2.45) is 0 Å². The number of nitrogens with one attached hydrogen (secondary N) is 1. The number of rotatable bonds is 1. The average Bonchev–Trinajstić information content (AvgIpc) is 2.28. The first-order chi connectivity index (χ1) is 7.61. The molecule has 1 aromatic rings. The summed E-state index contributed by atoms with van der Waals surface area (Å²) in [6, 6.07) is 1.43. The zero-order chi connectivity index (χ0) is 11.7. The van der Waals surface area contributed by atoms with Crippen LogP contribution in [0.15, 0.2) is 6.07 Å². The lowest BCUT2D eigenvalue weighted by Crippen LogP contribution is -2.27. The first kappa shape index (κ1) is 11.9. The Kier molecular flexibility index (Phi) is 3.50. The summed E-state index contributed by atoms with van der Waals surface area (Å²) in [5.74, 6) is 0.276. The SMILES string of the molecule is Cc1c(F)cc(Cl)c(C)c1C1CCNCC1. The third-order valence-corrected chi connectivity index (χ3v) is 3.92. The Morgan fingerprint density at radius 3 is 2.50 bits per heavy atom. The minimum atomic E-state index is -0.177. The summed E-state index contributed by atoms with van der Waals surface area (Å²) in [6.45, 7) is 5.87. The molecule has 88 valence electrons. The molecule has 1 nitrogen and oxygen atoms in total. The van der Waals surface area contributed by atoms with Gasteiger partial charge in [-0.3, -0.25) is 0 Å². The summed E-state index contributed by atoms with van der Waals surface area (Å²) >= 11 is 6.05. The number of hydrogen-bond donors (Lipinski definition) is 1. The first-order valence-electron chi connectivity index (χ1n) is 5.77. The lowest BCUT2D eigenvalue weighted by atomic mass is 9.84. The Balaban J connectivity index is 2.45. The van der Waals surface area contributed by atoms with E-state index in [0.717, 1.165) is 42.6 Å². The van der Waals surface area contributed by atoms with Crippen LogP contribution in [0.5, 0.6) is 0 Å². The van der Waals surface area contributed by atoms with Gasteiger partial charge in [0.2, 0.25) is 0 Å². The second-order valence-electron chi connectivity index (χ2n) is 4.53. The van der Waals surface area contributed by atoms with Crippen LogP contribution in [0.25, 0.3) is 0 Å². The summed E-state index contributed by atoms with van der Waals surface area (Å²) in [4.78, 5) is 0. The molecule has 1 saturated heterocycles. The minimum Gasteiger partial charge on any atom is -0.317 e. The Labute approximate surface area is 101 Å². The van der Waals surface area contributed by atoms with Crippen molar-refractivity contribution < 1.29 is 4.39 Å². The lowest BCUT2D eigenvalue weighted by Gasteiger charge is -2.26. The fraction of sp³-hybridized carbons (Fsp3) is 0.538. The van der Waals surface area contributed by atoms with Crippen molar-refractivity contribution >= 4 is 11.6 Å². The van der Waals surface area contributed by atoms with Crippen molar-refractivity contribution in [2.75, 3.05) is 13.1 Å². The summed E-state index contributed by atoms with van der Waals surface area (Å²) in [6.07, 6.45) is 2.14. The second kappa shape index (κ2) is 4.72. The Bertz CT molecular complexity index is 371. The highest BCUT2D eigenvalue weighted by Crippen LogP contribution is 2.35. The van der Waals surface area contributed by atoms with E-state index in [4.69, 9.17) is 11.6 Å². The van der Waals surface area contributed by atoms with Crippen LogP contribution in [-0.4, -0.2) is 13.1 Å². The molecule has 0 spiro atoms. The molecule has 3 heteroatoms. The van der Waals surface area contributed by atoms with Gasteiger partial charge in [-0.2, -0.15) is 0 Å². The van der Waals surface area contributed by atoms with Gasteiger partial charge in [-0.1, -0.05) is 11.6 Å². The molecule has 1 fully saturated rings. The van der Waals surface area contributed by atoms with Gasteiger partial charge in [-0.15, -0.1) is 0 Å². The molecule has 1 aliphatic rings. The zero-order valence-corrected chi connectivity index (χ0v) is 10.5. The van der Waals surface area contributed by atoms with Gasteiger partial charge in [0.05, 0.1) is 0 Å². The number of benzene rings is 1. The van der Waals surface area contributed by atoms with Gasteiger partial charge in [-0.25, -0.2) is 4.39 Å². The number of piperidine rings is 1. The Morgan fingerprint density at radius 1 is 1.25 bits per heavy atom. The van der Waals surface area contributed by atoms with Crippen molar-refractivity contribution in [1.82, 2.24) is 5.32 Å². The molecule has 2 rings (SSSR count). The molecule has 16 heavy (non-hydrogen) atoms. The van der Waals surface area contributed by atoms with E-state index >= 15 is 0 Å². The smallest absolute Gasteiger partial charge is 0.127 e. The van der Waals surface area contributed by atoms with Crippen molar-refractivity contribution in [3.8, 4) is 0 Å². The summed E-state index contributed by atoms with van der Waals surface area (Å²) in [5, 5.41) is 3.88. The molecule has 0 bridgehead atoms. The molecule has 0 aliphatic carbocycles. The van der Waals surface area contributed by atoms with Gasteiger partial charge < -0.3 is 5.32 Å². The largest absolute Gasteiger partial charge is 0.317 e. The molecule has 1 aromatic carbocycles. The standard InChI is InChI=1S/C13H17ClFN/c1-8-11(14)7-12(15)9(2)13(8)10-3-5-16-6-4-10/h7,10,16H,3-6H2,1-2H3. The highest BCUT2D eigenvalue weighted by atomic mass is 35.5. The molecule has 0 aromatic heterocycles. The van der Waals surface area contributed by atoms with E-state index in [9.17, 15) is 4.39 Å². The molecular formula is C13H17ClFN. The predicted molar refractivity (Wildman–Crippen MR) is 65.7 cm³/mol. The van der Waals surface area contributed by atoms with Crippen molar-refractivity contribution in [1.29, 1.82) is 0 Å². The third kappa shape index (κ3) is 2.09. The topological polar surface area (TPSA) is 12.0 Å². The first-order valence-corrected chi connectivity index (χ1v) is 6.15.